The van der Waals surface area contributed by atoms with Crippen molar-refractivity contribution in [2.75, 3.05) is 4.90 Å². The van der Waals surface area contributed by atoms with Crippen LogP contribution in [0.2, 0.25) is 0 Å². The van der Waals surface area contributed by atoms with Crippen LogP contribution in [-0.4, -0.2) is 27.7 Å². The lowest BCUT2D eigenvalue weighted by molar-refractivity contribution is 0.0923. The number of aromatic amines is 1. The third-order valence-electron chi connectivity index (χ3n) is 5.61. The van der Waals surface area contributed by atoms with Gasteiger partial charge in [-0.15, -0.1) is 0 Å². The normalized spacial score (nSPS) is 13.0. The second-order valence-electron chi connectivity index (χ2n) is 7.88. The Morgan fingerprint density at radius 1 is 0.969 bits per heavy atom. The highest BCUT2D eigenvalue weighted by molar-refractivity contribution is 6.35. The predicted molar refractivity (Wildman–Crippen MR) is 121 cm³/mol. The molecule has 0 saturated carbocycles. The summed E-state index contributed by atoms with van der Waals surface area (Å²) < 4.78 is 0. The van der Waals surface area contributed by atoms with Gasteiger partial charge in [0, 0.05) is 5.56 Å². The monoisotopic (exact) mass is 424 g/mol. The van der Waals surface area contributed by atoms with E-state index >= 15 is 0 Å². The van der Waals surface area contributed by atoms with Gasteiger partial charge in [0.05, 0.1) is 34.4 Å². The van der Waals surface area contributed by atoms with Gasteiger partial charge in [-0.05, 0) is 61.4 Å². The Morgan fingerprint density at radius 3 is 2.56 bits per heavy atom. The van der Waals surface area contributed by atoms with Gasteiger partial charge in [-0.1, -0.05) is 24.3 Å². The Hall–Kier alpha value is -4.26. The van der Waals surface area contributed by atoms with Crippen LogP contribution in [0.1, 0.15) is 48.0 Å². The number of rotatable bonds is 4. The lowest BCUT2D eigenvalue weighted by Gasteiger charge is -2.17. The fraction of sp³-hybridized carbons (Fsp3) is 0.120. The lowest BCUT2D eigenvalue weighted by atomic mass is 10.1. The zero-order valence-electron chi connectivity index (χ0n) is 17.6. The van der Waals surface area contributed by atoms with E-state index in [0.29, 0.717) is 22.6 Å². The Labute approximate surface area is 184 Å². The molecule has 0 fully saturated rings. The van der Waals surface area contributed by atoms with Crippen molar-refractivity contribution in [3.63, 3.8) is 0 Å². The topological polar surface area (TPSA) is 95.2 Å². The third-order valence-corrected chi connectivity index (χ3v) is 5.61. The first-order valence-electron chi connectivity index (χ1n) is 10.2. The highest BCUT2D eigenvalue weighted by Gasteiger charge is 2.37. The number of H-pyrrole nitrogens is 1. The number of hydrogen-bond donors (Lipinski definition) is 2. The van der Waals surface area contributed by atoms with E-state index in [-0.39, 0.29) is 23.9 Å². The fourth-order valence-electron chi connectivity index (χ4n) is 3.92. The number of aromatic nitrogens is 2. The molecule has 2 N–H and O–H groups in total. The zero-order chi connectivity index (χ0) is 22.4. The molecule has 0 bridgehead atoms. The number of imidazole rings is 1. The van der Waals surface area contributed by atoms with Gasteiger partial charge < -0.3 is 10.3 Å². The molecule has 7 heteroatoms. The summed E-state index contributed by atoms with van der Waals surface area (Å²) in [6.07, 6.45) is 0. The SMILES string of the molecule is Cc1ccc(C)c(N2C(=O)c3ccc(C(=O)NCc4nc5ccccc5[nH]4)cc3C2=O)c1. The van der Waals surface area contributed by atoms with Crippen LogP contribution in [0.15, 0.2) is 60.7 Å². The molecule has 0 saturated heterocycles. The van der Waals surface area contributed by atoms with E-state index in [9.17, 15) is 14.4 Å². The van der Waals surface area contributed by atoms with Gasteiger partial charge in [-0.2, -0.15) is 0 Å². The minimum absolute atomic E-state index is 0.214. The molecule has 0 spiro atoms. The molecule has 1 aliphatic heterocycles. The van der Waals surface area contributed by atoms with Crippen molar-refractivity contribution in [2.24, 2.45) is 0 Å². The Balaban J connectivity index is 1.38. The minimum Gasteiger partial charge on any atom is -0.345 e. The van der Waals surface area contributed by atoms with Gasteiger partial charge >= 0.3 is 0 Å². The van der Waals surface area contributed by atoms with E-state index in [1.54, 1.807) is 6.07 Å². The van der Waals surface area contributed by atoms with Gasteiger partial charge in [0.2, 0.25) is 0 Å². The average Bonchev–Trinajstić information content (AvgIpc) is 3.32. The maximum atomic E-state index is 13.1. The summed E-state index contributed by atoms with van der Waals surface area (Å²) in [6, 6.07) is 17.8. The van der Waals surface area contributed by atoms with E-state index in [4.69, 9.17) is 0 Å². The molecular formula is C25H20N4O3. The first kappa shape index (κ1) is 19.7. The van der Waals surface area contributed by atoms with Crippen molar-refractivity contribution in [1.29, 1.82) is 0 Å². The first-order chi connectivity index (χ1) is 15.4. The molecule has 3 amide bonds. The van der Waals surface area contributed by atoms with Crippen LogP contribution in [0, 0.1) is 13.8 Å². The molecule has 32 heavy (non-hydrogen) atoms. The summed E-state index contributed by atoms with van der Waals surface area (Å²) in [5.41, 5.74) is 4.89. The van der Waals surface area contributed by atoms with Crippen molar-refractivity contribution < 1.29 is 14.4 Å². The number of benzene rings is 3. The number of nitrogens with zero attached hydrogens (tertiary/aromatic N) is 2. The van der Waals surface area contributed by atoms with Crippen molar-refractivity contribution in [2.45, 2.75) is 20.4 Å². The molecule has 0 radical (unpaired) electrons. The molecule has 3 aromatic carbocycles. The quantitative estimate of drug-likeness (QED) is 0.486. The van der Waals surface area contributed by atoms with Crippen LogP contribution >= 0.6 is 0 Å². The van der Waals surface area contributed by atoms with Crippen molar-refractivity contribution in [3.05, 3.63) is 94.3 Å². The zero-order valence-corrected chi connectivity index (χ0v) is 17.6. The van der Waals surface area contributed by atoms with Crippen molar-refractivity contribution in [3.8, 4) is 0 Å². The van der Waals surface area contributed by atoms with Crippen molar-refractivity contribution in [1.82, 2.24) is 15.3 Å². The largest absolute Gasteiger partial charge is 0.345 e. The highest BCUT2D eigenvalue weighted by Crippen LogP contribution is 2.31. The summed E-state index contributed by atoms with van der Waals surface area (Å²) in [5.74, 6) is -0.523. The number of imide groups is 1. The summed E-state index contributed by atoms with van der Waals surface area (Å²) in [7, 11) is 0. The van der Waals surface area contributed by atoms with Crippen molar-refractivity contribution >= 4 is 34.4 Å². The second kappa shape index (κ2) is 7.46. The molecule has 5 rings (SSSR count). The summed E-state index contributed by atoms with van der Waals surface area (Å²) >= 11 is 0. The smallest absolute Gasteiger partial charge is 0.266 e. The number of fused-ring (bicyclic) bond motifs is 2. The third kappa shape index (κ3) is 3.24. The summed E-state index contributed by atoms with van der Waals surface area (Å²) in [4.78, 5) is 47.5. The van der Waals surface area contributed by atoms with Crippen LogP contribution in [0.3, 0.4) is 0 Å². The van der Waals surface area contributed by atoms with Gasteiger partial charge in [0.15, 0.2) is 0 Å². The van der Waals surface area contributed by atoms with E-state index in [0.717, 1.165) is 22.2 Å². The summed E-state index contributed by atoms with van der Waals surface area (Å²) in [6.45, 7) is 3.98. The summed E-state index contributed by atoms with van der Waals surface area (Å²) in [5, 5.41) is 2.81. The van der Waals surface area contributed by atoms with Gasteiger partial charge in [-0.3, -0.25) is 14.4 Å². The standard InChI is InChI=1S/C25H20N4O3/c1-14-7-8-15(2)21(11-14)29-24(31)17-10-9-16(12-18(17)25(29)32)23(30)26-13-22-27-19-5-3-4-6-20(19)28-22/h3-12H,13H2,1-2H3,(H,26,30)(H,27,28). The highest BCUT2D eigenvalue weighted by atomic mass is 16.2. The average molecular weight is 424 g/mol. The van der Waals surface area contributed by atoms with Crippen LogP contribution in [0.5, 0.6) is 0 Å². The molecule has 158 valence electrons. The Morgan fingerprint density at radius 2 is 1.75 bits per heavy atom. The molecular weight excluding hydrogens is 404 g/mol. The maximum absolute atomic E-state index is 13.1. The lowest BCUT2D eigenvalue weighted by Crippen LogP contribution is -2.30. The molecule has 0 unspecified atom stereocenters. The Kier molecular flexibility index (Phi) is 4.59. The number of aryl methyl sites for hydroxylation is 2. The number of anilines is 1. The fourth-order valence-corrected chi connectivity index (χ4v) is 3.92. The van der Waals surface area contributed by atoms with E-state index in [2.05, 4.69) is 15.3 Å². The molecule has 4 aromatic rings. The molecule has 1 aromatic heterocycles. The van der Waals surface area contributed by atoms with E-state index in [1.807, 2.05) is 56.3 Å². The molecule has 0 atom stereocenters. The predicted octanol–water partition coefficient (Wildman–Crippen LogP) is 3.91. The molecule has 0 aliphatic carbocycles. The van der Waals surface area contributed by atoms with Gasteiger partial charge in [0.25, 0.3) is 17.7 Å². The van der Waals surface area contributed by atoms with Crippen LogP contribution < -0.4 is 10.2 Å². The first-order valence-corrected chi connectivity index (χ1v) is 10.2. The van der Waals surface area contributed by atoms with Crippen LogP contribution in [0.4, 0.5) is 5.69 Å². The molecule has 7 nitrogen and oxygen atoms in total. The number of hydrogen-bond acceptors (Lipinski definition) is 4. The number of nitrogens with one attached hydrogen (secondary N) is 2. The molecule has 1 aliphatic rings. The number of para-hydroxylation sites is 2. The van der Waals surface area contributed by atoms with Crippen LogP contribution in [-0.2, 0) is 6.54 Å². The Bertz CT molecular complexity index is 1390. The maximum Gasteiger partial charge on any atom is 0.266 e. The van der Waals surface area contributed by atoms with Crippen LogP contribution in [0.25, 0.3) is 11.0 Å². The minimum atomic E-state index is -0.425. The van der Waals surface area contributed by atoms with E-state index in [1.165, 1.54) is 17.0 Å². The van der Waals surface area contributed by atoms with E-state index < -0.39 is 5.91 Å². The van der Waals surface area contributed by atoms with Gasteiger partial charge in [-0.25, -0.2) is 9.88 Å². The number of amides is 3. The number of carbonyl (C=O) groups excluding carboxylic acids is 3. The molecule has 2 heterocycles. The number of carbonyl (C=O) groups is 3. The second-order valence-corrected chi connectivity index (χ2v) is 7.88. The van der Waals surface area contributed by atoms with Gasteiger partial charge in [0.1, 0.15) is 5.82 Å².